The fraction of sp³-hybridized carbons (Fsp3) is 0.300. The van der Waals surface area contributed by atoms with Crippen LogP contribution in [0.5, 0.6) is 0 Å². The van der Waals surface area contributed by atoms with E-state index in [1.165, 1.54) is 6.07 Å². The van der Waals surface area contributed by atoms with E-state index < -0.39 is 16.1 Å². The van der Waals surface area contributed by atoms with Gasteiger partial charge in [-0.05, 0) is 18.6 Å². The first-order valence-electron chi connectivity index (χ1n) is 5.70. The van der Waals surface area contributed by atoms with Crippen molar-refractivity contribution in [3.8, 4) is 0 Å². The molecule has 0 amide bonds. The van der Waals surface area contributed by atoms with Crippen LogP contribution in [0.2, 0.25) is 0 Å². The summed E-state index contributed by atoms with van der Waals surface area (Å²) in [6, 6.07) is 3.92. The summed E-state index contributed by atoms with van der Waals surface area (Å²) in [6.07, 6.45) is 0.348. The fourth-order valence-corrected chi connectivity index (χ4v) is 3.73. The number of fused-ring (bicyclic) bond motifs is 1. The highest BCUT2D eigenvalue weighted by atomic mass is 32.2. The third kappa shape index (κ3) is 2.71. The third-order valence-corrected chi connectivity index (χ3v) is 4.76. The van der Waals surface area contributed by atoms with Crippen molar-refractivity contribution in [3.05, 3.63) is 18.2 Å². The van der Waals surface area contributed by atoms with E-state index >= 15 is 0 Å². The lowest BCUT2D eigenvalue weighted by atomic mass is 10.2. The summed E-state index contributed by atoms with van der Waals surface area (Å²) in [4.78, 5) is 0.0212. The molecule has 0 saturated heterocycles. The molecule has 1 atom stereocenters. The Bertz CT molecular complexity index is 722. The van der Waals surface area contributed by atoms with Gasteiger partial charge in [0, 0.05) is 0 Å². The molecule has 2 rings (SSSR count). The van der Waals surface area contributed by atoms with Crippen LogP contribution in [0.15, 0.2) is 37.0 Å². The summed E-state index contributed by atoms with van der Waals surface area (Å²) < 4.78 is 35.1. The second-order valence-electron chi connectivity index (χ2n) is 4.00. The van der Waals surface area contributed by atoms with Crippen molar-refractivity contribution in [2.75, 3.05) is 0 Å². The molecule has 8 nitrogen and oxygen atoms in total. The number of nitrogens with two attached hydrogens (primary N) is 1. The van der Waals surface area contributed by atoms with Gasteiger partial charge in [0.1, 0.15) is 16.3 Å². The maximum atomic E-state index is 12.4. The molecule has 0 bridgehead atoms. The highest BCUT2D eigenvalue weighted by molar-refractivity contribution is 7.89. The van der Waals surface area contributed by atoms with Crippen LogP contribution in [-0.4, -0.2) is 25.5 Å². The van der Waals surface area contributed by atoms with Gasteiger partial charge in [-0.25, -0.2) is 13.1 Å². The minimum atomic E-state index is -3.84. The van der Waals surface area contributed by atoms with Gasteiger partial charge in [0.05, 0.1) is 17.4 Å². The molecule has 0 radical (unpaired) electrons. The molecule has 4 N–H and O–H groups in total. The van der Waals surface area contributed by atoms with Crippen molar-refractivity contribution in [2.45, 2.75) is 24.3 Å². The van der Waals surface area contributed by atoms with Gasteiger partial charge < -0.3 is 10.9 Å². The number of benzene rings is 1. The molecule has 20 heavy (non-hydrogen) atoms. The summed E-state index contributed by atoms with van der Waals surface area (Å²) in [5.74, 6) is -0.195. The minimum Gasteiger partial charge on any atom is -0.409 e. The Morgan fingerprint density at radius 1 is 1.55 bits per heavy atom. The topological polar surface area (TPSA) is 130 Å². The summed E-state index contributed by atoms with van der Waals surface area (Å²) in [6.45, 7) is 1.72. The van der Waals surface area contributed by atoms with E-state index in [-0.39, 0.29) is 10.7 Å². The van der Waals surface area contributed by atoms with Crippen LogP contribution in [0.3, 0.4) is 0 Å². The summed E-state index contributed by atoms with van der Waals surface area (Å²) >= 11 is 0.938. The molecule has 1 aliphatic rings. The Kier molecular flexibility index (Phi) is 4.16. The minimum absolute atomic E-state index is 0.0212. The average molecular weight is 315 g/mol. The Morgan fingerprint density at radius 2 is 2.30 bits per heavy atom. The van der Waals surface area contributed by atoms with E-state index in [9.17, 15) is 8.42 Å². The number of rotatable bonds is 5. The van der Waals surface area contributed by atoms with Gasteiger partial charge in [-0.2, -0.15) is 8.73 Å². The molecule has 10 heteroatoms. The van der Waals surface area contributed by atoms with Crippen LogP contribution >= 0.6 is 0 Å². The van der Waals surface area contributed by atoms with E-state index in [1.807, 2.05) is 0 Å². The molecule has 1 aliphatic heterocycles. The van der Waals surface area contributed by atoms with Crippen LogP contribution in [0.25, 0.3) is 0 Å². The molecule has 1 unspecified atom stereocenters. The van der Waals surface area contributed by atoms with Crippen molar-refractivity contribution in [1.29, 1.82) is 0 Å². The molecule has 0 saturated carbocycles. The lowest BCUT2D eigenvalue weighted by Crippen LogP contribution is -2.44. The van der Waals surface area contributed by atoms with E-state index in [0.717, 1.165) is 11.4 Å². The van der Waals surface area contributed by atoms with Gasteiger partial charge in [-0.1, -0.05) is 18.1 Å². The molecule has 108 valence electrons. The zero-order chi connectivity index (χ0) is 14.8. The van der Waals surface area contributed by atoms with Gasteiger partial charge in [-0.15, -0.1) is 0 Å². The largest absolute Gasteiger partial charge is 0.409 e. The van der Waals surface area contributed by atoms with Gasteiger partial charge in [0.15, 0.2) is 5.84 Å². The molecule has 0 aromatic heterocycles. The van der Waals surface area contributed by atoms with E-state index in [1.54, 1.807) is 19.1 Å². The van der Waals surface area contributed by atoms with Gasteiger partial charge in [0.2, 0.25) is 10.0 Å². The van der Waals surface area contributed by atoms with Gasteiger partial charge in [-0.3, -0.25) is 0 Å². The number of sulfonamides is 1. The molecular formula is C10H13N5O3S2. The number of nitrogens with one attached hydrogen (secondary N) is 1. The van der Waals surface area contributed by atoms with Crippen molar-refractivity contribution in [1.82, 2.24) is 4.72 Å². The van der Waals surface area contributed by atoms with Gasteiger partial charge in [0.25, 0.3) is 0 Å². The summed E-state index contributed by atoms with van der Waals surface area (Å²) in [5, 5.41) is 11.5. The SMILES string of the molecule is CCC(NS(=O)(=O)c1cccc2c1N=S=N2)/C(N)=N/O. The predicted octanol–water partition coefficient (Wildman–Crippen LogP) is 1.22. The normalized spacial score (nSPS) is 15.8. The number of hydrogen-bond acceptors (Lipinski definition) is 6. The maximum Gasteiger partial charge on any atom is 0.243 e. The van der Waals surface area contributed by atoms with E-state index in [4.69, 9.17) is 10.9 Å². The average Bonchev–Trinajstić information content (AvgIpc) is 2.91. The van der Waals surface area contributed by atoms with E-state index in [0.29, 0.717) is 17.8 Å². The van der Waals surface area contributed by atoms with Crippen molar-refractivity contribution in [2.24, 2.45) is 19.6 Å². The van der Waals surface area contributed by atoms with Crippen LogP contribution in [0.1, 0.15) is 13.3 Å². The first-order chi connectivity index (χ1) is 9.49. The smallest absolute Gasteiger partial charge is 0.243 e. The Morgan fingerprint density at radius 3 is 2.95 bits per heavy atom. The second-order valence-corrected chi connectivity index (χ2v) is 6.21. The quantitative estimate of drug-likeness (QED) is 0.331. The second kappa shape index (κ2) is 5.69. The van der Waals surface area contributed by atoms with Crippen LogP contribution in [0.4, 0.5) is 11.4 Å². The maximum absolute atomic E-state index is 12.4. The summed E-state index contributed by atoms with van der Waals surface area (Å²) in [7, 11) is -3.84. The molecule has 0 aliphatic carbocycles. The highest BCUT2D eigenvalue weighted by Gasteiger charge is 2.26. The number of nitrogens with zero attached hydrogens (tertiary/aromatic N) is 3. The monoisotopic (exact) mass is 315 g/mol. The summed E-state index contributed by atoms with van der Waals surface area (Å²) in [5.41, 5.74) is 6.27. The molecule has 0 spiro atoms. The third-order valence-electron chi connectivity index (χ3n) is 2.72. The van der Waals surface area contributed by atoms with Crippen LogP contribution in [-0.2, 0) is 21.4 Å². The van der Waals surface area contributed by atoms with E-state index in [2.05, 4.69) is 18.6 Å². The van der Waals surface area contributed by atoms with Crippen molar-refractivity contribution >= 4 is 38.6 Å². The molecule has 1 heterocycles. The van der Waals surface area contributed by atoms with Crippen molar-refractivity contribution in [3.63, 3.8) is 0 Å². The fourth-order valence-electron chi connectivity index (χ4n) is 1.67. The Labute approximate surface area is 119 Å². The first kappa shape index (κ1) is 14.6. The Balaban J connectivity index is 2.38. The molecule has 0 fully saturated rings. The lowest BCUT2D eigenvalue weighted by Gasteiger charge is -2.16. The van der Waals surface area contributed by atoms with Crippen LogP contribution < -0.4 is 10.5 Å². The van der Waals surface area contributed by atoms with Crippen molar-refractivity contribution < 1.29 is 13.6 Å². The number of amidine groups is 1. The zero-order valence-corrected chi connectivity index (χ0v) is 12.1. The molecule has 1 aromatic rings. The number of hydrogen-bond donors (Lipinski definition) is 3. The lowest BCUT2D eigenvalue weighted by molar-refractivity contribution is 0.315. The van der Waals surface area contributed by atoms with Crippen LogP contribution in [0, 0.1) is 0 Å². The van der Waals surface area contributed by atoms with Gasteiger partial charge >= 0.3 is 0 Å². The standard InChI is InChI=1S/C10H13N5O3S2/c1-2-6(10(11)12-16)15-20(17,18)8-5-3-4-7-9(8)14-19-13-7/h3-6,15-16H,2H2,1H3,(H2,11,12). The zero-order valence-electron chi connectivity index (χ0n) is 10.5. The molecular weight excluding hydrogens is 302 g/mol. The number of oxime groups is 1. The highest BCUT2D eigenvalue weighted by Crippen LogP contribution is 2.37. The first-order valence-corrected chi connectivity index (χ1v) is 7.92. The molecule has 1 aromatic carbocycles. The predicted molar refractivity (Wildman–Crippen MR) is 75.8 cm³/mol. The Hall–Kier alpha value is -1.78.